The van der Waals surface area contributed by atoms with E-state index < -0.39 is 0 Å². The zero-order valence-corrected chi connectivity index (χ0v) is 14.0. The van der Waals surface area contributed by atoms with Crippen LogP contribution in [0.25, 0.3) is 0 Å². The summed E-state index contributed by atoms with van der Waals surface area (Å²) in [4.78, 5) is 16.2. The van der Waals surface area contributed by atoms with Gasteiger partial charge in [-0.2, -0.15) is 5.26 Å². The lowest BCUT2D eigenvalue weighted by atomic mass is 10.0. The molecule has 0 bridgehead atoms. The zero-order valence-electron chi connectivity index (χ0n) is 14.0. The van der Waals surface area contributed by atoms with Gasteiger partial charge in [0.15, 0.2) is 11.5 Å². The van der Waals surface area contributed by atoms with Crippen molar-refractivity contribution in [2.24, 2.45) is 0 Å². The Morgan fingerprint density at radius 1 is 1.38 bits per heavy atom. The van der Waals surface area contributed by atoms with E-state index >= 15 is 0 Å². The van der Waals surface area contributed by atoms with Gasteiger partial charge in [-0.3, -0.25) is 9.69 Å². The number of hydrogen-bond donors (Lipinski definition) is 0. The lowest BCUT2D eigenvalue weighted by molar-refractivity contribution is -0.131. The van der Waals surface area contributed by atoms with Gasteiger partial charge in [-0.15, -0.1) is 0 Å². The van der Waals surface area contributed by atoms with Crippen molar-refractivity contribution in [2.75, 3.05) is 39.9 Å². The molecule has 3 rings (SSSR count). The van der Waals surface area contributed by atoms with Crippen molar-refractivity contribution in [3.63, 3.8) is 0 Å². The maximum absolute atomic E-state index is 12.3. The number of hydrogen-bond acceptors (Lipinski definition) is 5. The highest BCUT2D eigenvalue weighted by Crippen LogP contribution is 2.37. The number of ether oxygens (including phenoxy) is 2. The average molecular weight is 329 g/mol. The Bertz CT molecular complexity index is 641. The summed E-state index contributed by atoms with van der Waals surface area (Å²) < 4.78 is 11.2. The Kier molecular flexibility index (Phi) is 5.21. The molecule has 128 valence electrons. The van der Waals surface area contributed by atoms with E-state index in [0.717, 1.165) is 30.9 Å². The fourth-order valence-electron chi connectivity index (χ4n) is 3.30. The highest BCUT2D eigenvalue weighted by Gasteiger charge is 2.29. The number of likely N-dealkylation sites (N-methyl/N-ethyl adjacent to an activating group) is 1. The summed E-state index contributed by atoms with van der Waals surface area (Å²) in [5.74, 6) is 1.65. The Hall–Kier alpha value is -2.26. The molecule has 0 radical (unpaired) electrons. The first kappa shape index (κ1) is 16.6. The maximum atomic E-state index is 12.3. The van der Waals surface area contributed by atoms with E-state index in [-0.39, 0.29) is 11.9 Å². The number of likely N-dealkylation sites (tertiary alicyclic amines) is 1. The molecule has 6 heteroatoms. The van der Waals surface area contributed by atoms with Gasteiger partial charge >= 0.3 is 0 Å². The number of rotatable bonds is 5. The molecule has 0 unspecified atom stereocenters. The predicted molar refractivity (Wildman–Crippen MR) is 88.8 cm³/mol. The minimum Gasteiger partial charge on any atom is -0.486 e. The molecule has 0 N–H and O–H groups in total. The predicted octanol–water partition coefficient (Wildman–Crippen LogP) is 1.97. The summed E-state index contributed by atoms with van der Waals surface area (Å²) in [6, 6.07) is 8.38. The van der Waals surface area contributed by atoms with E-state index in [9.17, 15) is 4.79 Å². The number of carbonyl (C=O) groups excluding carboxylic acids is 1. The Morgan fingerprint density at radius 3 is 2.96 bits per heavy atom. The van der Waals surface area contributed by atoms with Crippen LogP contribution in [0.2, 0.25) is 0 Å². The van der Waals surface area contributed by atoms with Crippen LogP contribution in [0.4, 0.5) is 0 Å². The van der Waals surface area contributed by atoms with Crippen LogP contribution in [0.5, 0.6) is 11.5 Å². The minimum absolute atomic E-state index is 0.0645. The third-order valence-electron chi connectivity index (χ3n) is 4.64. The molecule has 2 heterocycles. The van der Waals surface area contributed by atoms with Crippen LogP contribution < -0.4 is 9.47 Å². The van der Waals surface area contributed by atoms with Gasteiger partial charge < -0.3 is 14.4 Å². The molecular formula is C18H23N3O3. The molecule has 2 aliphatic rings. The quantitative estimate of drug-likeness (QED) is 0.826. The van der Waals surface area contributed by atoms with Gasteiger partial charge in [-0.05, 0) is 37.1 Å². The first-order valence-electron chi connectivity index (χ1n) is 8.43. The molecule has 0 aromatic heterocycles. The highest BCUT2D eigenvalue weighted by atomic mass is 16.6. The van der Waals surface area contributed by atoms with Crippen molar-refractivity contribution in [3.8, 4) is 17.6 Å². The van der Waals surface area contributed by atoms with E-state index in [4.69, 9.17) is 14.7 Å². The van der Waals surface area contributed by atoms with Gasteiger partial charge in [-0.1, -0.05) is 6.07 Å². The first-order valence-corrected chi connectivity index (χ1v) is 8.43. The smallest absolute Gasteiger partial charge is 0.236 e. The third kappa shape index (κ3) is 3.62. The standard InChI is InChI=1S/C18H23N3O3/c1-20(8-3-7-19)18(22)13-21-9-2-4-15(21)14-5-6-16-17(12-14)24-11-10-23-16/h5-6,12,15H,2-4,8-11,13H2,1H3/t15-/m1/s1. The minimum atomic E-state index is 0.0645. The summed E-state index contributed by atoms with van der Waals surface area (Å²) >= 11 is 0. The summed E-state index contributed by atoms with van der Waals surface area (Å²) in [6.45, 7) is 2.95. The van der Waals surface area contributed by atoms with Gasteiger partial charge in [0.05, 0.1) is 19.0 Å². The SMILES string of the molecule is CN(CCC#N)C(=O)CN1CCC[C@@H]1c1ccc2c(c1)OCCO2. The first-order chi connectivity index (χ1) is 11.7. The van der Waals surface area contributed by atoms with Crippen molar-refractivity contribution in [2.45, 2.75) is 25.3 Å². The monoisotopic (exact) mass is 329 g/mol. The third-order valence-corrected chi connectivity index (χ3v) is 4.64. The van der Waals surface area contributed by atoms with Crippen LogP contribution in [-0.4, -0.2) is 55.6 Å². The van der Waals surface area contributed by atoms with Crippen LogP contribution in [0.1, 0.15) is 30.9 Å². The Balaban J connectivity index is 1.67. The second-order valence-corrected chi connectivity index (χ2v) is 6.26. The number of fused-ring (bicyclic) bond motifs is 1. The summed E-state index contributed by atoms with van der Waals surface area (Å²) in [7, 11) is 1.76. The van der Waals surface area contributed by atoms with Crippen LogP contribution in [0.3, 0.4) is 0 Å². The molecule has 6 nitrogen and oxygen atoms in total. The largest absolute Gasteiger partial charge is 0.486 e. The molecule has 1 aromatic carbocycles. The van der Waals surface area contributed by atoms with E-state index in [2.05, 4.69) is 17.0 Å². The van der Waals surface area contributed by atoms with E-state index in [1.807, 2.05) is 12.1 Å². The normalized spacial score (nSPS) is 19.8. The van der Waals surface area contributed by atoms with Crippen LogP contribution in [0, 0.1) is 11.3 Å². The number of benzene rings is 1. The molecular weight excluding hydrogens is 306 g/mol. The van der Waals surface area contributed by atoms with E-state index in [1.54, 1.807) is 11.9 Å². The molecule has 24 heavy (non-hydrogen) atoms. The summed E-state index contributed by atoms with van der Waals surface area (Å²) in [5.41, 5.74) is 1.17. The van der Waals surface area contributed by atoms with E-state index in [0.29, 0.717) is 32.7 Å². The second kappa shape index (κ2) is 7.54. The van der Waals surface area contributed by atoms with Gasteiger partial charge in [0.25, 0.3) is 0 Å². The molecule has 1 amide bonds. The fourth-order valence-corrected chi connectivity index (χ4v) is 3.30. The molecule has 1 aromatic rings. The van der Waals surface area contributed by atoms with Crippen LogP contribution in [0.15, 0.2) is 18.2 Å². The number of amides is 1. The number of carbonyl (C=O) groups is 1. The summed E-state index contributed by atoms with van der Waals surface area (Å²) in [6.07, 6.45) is 2.48. The number of nitriles is 1. The van der Waals surface area contributed by atoms with Gasteiger partial charge in [0, 0.05) is 19.6 Å². The Labute approximate surface area is 142 Å². The second-order valence-electron chi connectivity index (χ2n) is 6.26. The molecule has 1 saturated heterocycles. The molecule has 1 fully saturated rings. The molecule has 0 aliphatic carbocycles. The van der Waals surface area contributed by atoms with Gasteiger partial charge in [0.1, 0.15) is 13.2 Å². The lowest BCUT2D eigenvalue weighted by Crippen LogP contribution is -2.38. The Morgan fingerprint density at radius 2 is 2.17 bits per heavy atom. The van der Waals surface area contributed by atoms with Crippen LogP contribution >= 0.6 is 0 Å². The highest BCUT2D eigenvalue weighted by molar-refractivity contribution is 5.78. The van der Waals surface area contributed by atoms with Crippen molar-refractivity contribution in [1.82, 2.24) is 9.80 Å². The lowest BCUT2D eigenvalue weighted by Gasteiger charge is -2.27. The van der Waals surface area contributed by atoms with Crippen molar-refractivity contribution >= 4 is 5.91 Å². The zero-order chi connectivity index (χ0) is 16.9. The molecule has 1 atom stereocenters. The summed E-state index contributed by atoms with van der Waals surface area (Å²) in [5, 5.41) is 8.65. The van der Waals surface area contributed by atoms with Gasteiger partial charge in [-0.25, -0.2) is 0 Å². The van der Waals surface area contributed by atoms with Gasteiger partial charge in [0.2, 0.25) is 5.91 Å². The molecule has 0 spiro atoms. The van der Waals surface area contributed by atoms with Crippen molar-refractivity contribution < 1.29 is 14.3 Å². The molecule has 0 saturated carbocycles. The topological polar surface area (TPSA) is 65.8 Å². The van der Waals surface area contributed by atoms with E-state index in [1.165, 1.54) is 5.56 Å². The van der Waals surface area contributed by atoms with Crippen molar-refractivity contribution in [3.05, 3.63) is 23.8 Å². The molecule has 2 aliphatic heterocycles. The maximum Gasteiger partial charge on any atom is 0.236 e. The number of nitrogens with zero attached hydrogens (tertiary/aromatic N) is 3. The average Bonchev–Trinajstić information content (AvgIpc) is 3.07. The van der Waals surface area contributed by atoms with Crippen molar-refractivity contribution in [1.29, 1.82) is 5.26 Å². The van der Waals surface area contributed by atoms with Crippen LogP contribution in [-0.2, 0) is 4.79 Å². The fraction of sp³-hybridized carbons (Fsp3) is 0.556.